The Kier molecular flexibility index (Phi) is 6.11. The van der Waals surface area contributed by atoms with Gasteiger partial charge >= 0.3 is 0 Å². The van der Waals surface area contributed by atoms with Gasteiger partial charge in [0.05, 0.1) is 18.4 Å². The molecule has 32 heavy (non-hydrogen) atoms. The van der Waals surface area contributed by atoms with Crippen molar-refractivity contribution in [3.63, 3.8) is 0 Å². The Labute approximate surface area is 185 Å². The van der Waals surface area contributed by atoms with Gasteiger partial charge in [-0.05, 0) is 63.1 Å². The lowest BCUT2D eigenvalue weighted by atomic mass is 10.1. The first kappa shape index (κ1) is 21.4. The molecule has 1 saturated carbocycles. The maximum Gasteiger partial charge on any atom is 0.255 e. The Balaban J connectivity index is 1.44. The van der Waals surface area contributed by atoms with Crippen molar-refractivity contribution in [1.82, 2.24) is 10.5 Å². The largest absolute Gasteiger partial charge is 0.493 e. The van der Waals surface area contributed by atoms with E-state index in [1.54, 1.807) is 42.5 Å². The van der Waals surface area contributed by atoms with Crippen LogP contribution in [0.2, 0.25) is 0 Å². The molecule has 1 aliphatic carbocycles. The van der Waals surface area contributed by atoms with E-state index in [2.05, 4.69) is 15.8 Å². The van der Waals surface area contributed by atoms with E-state index in [-0.39, 0.29) is 24.5 Å². The zero-order chi connectivity index (χ0) is 22.7. The molecule has 0 unspecified atom stereocenters. The summed E-state index contributed by atoms with van der Waals surface area (Å²) in [6.07, 6.45) is 2.03. The van der Waals surface area contributed by atoms with Gasteiger partial charge in [-0.3, -0.25) is 9.59 Å². The van der Waals surface area contributed by atoms with Crippen LogP contribution in [-0.2, 0) is 6.61 Å². The number of anilines is 1. The van der Waals surface area contributed by atoms with Crippen LogP contribution in [-0.4, -0.2) is 30.1 Å². The summed E-state index contributed by atoms with van der Waals surface area (Å²) in [6, 6.07) is 12.1. The molecule has 8 heteroatoms. The molecular weight excluding hydrogens is 410 g/mol. The average molecular weight is 435 g/mol. The number of amides is 2. The molecule has 0 radical (unpaired) electrons. The fourth-order valence-corrected chi connectivity index (χ4v) is 3.22. The molecule has 1 aromatic heterocycles. The number of nitrogens with zero attached hydrogens (tertiary/aromatic N) is 1. The molecule has 0 aliphatic heterocycles. The number of ether oxygens (including phenoxy) is 2. The number of carbonyl (C=O) groups is 2. The fourth-order valence-electron chi connectivity index (χ4n) is 3.22. The van der Waals surface area contributed by atoms with Crippen LogP contribution in [0.4, 0.5) is 5.69 Å². The Bertz CT molecular complexity index is 1130. The molecule has 3 aromatic rings. The highest BCUT2D eigenvalue weighted by atomic mass is 16.5. The smallest absolute Gasteiger partial charge is 0.255 e. The molecule has 166 valence electrons. The van der Waals surface area contributed by atoms with Crippen LogP contribution in [0.15, 0.2) is 47.0 Å². The topological polar surface area (TPSA) is 103 Å². The molecule has 0 atom stereocenters. The van der Waals surface area contributed by atoms with Crippen LogP contribution in [0.3, 0.4) is 0 Å². The van der Waals surface area contributed by atoms with Crippen molar-refractivity contribution in [2.45, 2.75) is 39.3 Å². The second kappa shape index (κ2) is 9.13. The lowest BCUT2D eigenvalue weighted by Crippen LogP contribution is -2.25. The number of hydrogen-bond acceptors (Lipinski definition) is 6. The van der Waals surface area contributed by atoms with Gasteiger partial charge in [-0.15, -0.1) is 0 Å². The van der Waals surface area contributed by atoms with Crippen LogP contribution in [0.25, 0.3) is 0 Å². The molecule has 0 bridgehead atoms. The fraction of sp³-hybridized carbons (Fsp3) is 0.292. The van der Waals surface area contributed by atoms with Gasteiger partial charge in [0, 0.05) is 22.9 Å². The Morgan fingerprint density at radius 2 is 1.84 bits per heavy atom. The molecule has 2 aromatic carbocycles. The van der Waals surface area contributed by atoms with E-state index in [1.165, 1.54) is 7.11 Å². The Morgan fingerprint density at radius 1 is 1.06 bits per heavy atom. The summed E-state index contributed by atoms with van der Waals surface area (Å²) in [6.45, 7) is 3.96. The van der Waals surface area contributed by atoms with Gasteiger partial charge in [0.1, 0.15) is 12.4 Å². The highest BCUT2D eigenvalue weighted by molar-refractivity contribution is 6.05. The predicted molar refractivity (Wildman–Crippen MR) is 118 cm³/mol. The third kappa shape index (κ3) is 4.91. The van der Waals surface area contributed by atoms with Crippen LogP contribution >= 0.6 is 0 Å². The van der Waals surface area contributed by atoms with Crippen molar-refractivity contribution in [3.8, 4) is 11.5 Å². The molecule has 1 aliphatic rings. The lowest BCUT2D eigenvalue weighted by molar-refractivity contribution is 0.0949. The first-order chi connectivity index (χ1) is 15.4. The quantitative estimate of drug-likeness (QED) is 0.554. The van der Waals surface area contributed by atoms with Crippen LogP contribution in [0.1, 0.15) is 50.6 Å². The van der Waals surface area contributed by atoms with E-state index in [0.29, 0.717) is 34.1 Å². The van der Waals surface area contributed by atoms with Gasteiger partial charge in [0.25, 0.3) is 11.8 Å². The zero-order valence-electron chi connectivity index (χ0n) is 18.2. The number of nitrogens with one attached hydrogen (secondary N) is 2. The third-order valence-electron chi connectivity index (χ3n) is 5.27. The number of methoxy groups -OCH3 is 1. The van der Waals surface area contributed by atoms with Crippen LogP contribution < -0.4 is 20.1 Å². The molecule has 2 amide bonds. The van der Waals surface area contributed by atoms with E-state index in [0.717, 1.165) is 24.1 Å². The van der Waals surface area contributed by atoms with Crippen molar-refractivity contribution in [1.29, 1.82) is 0 Å². The van der Waals surface area contributed by atoms with Crippen molar-refractivity contribution in [2.75, 3.05) is 12.4 Å². The Morgan fingerprint density at radius 3 is 2.53 bits per heavy atom. The van der Waals surface area contributed by atoms with E-state index < -0.39 is 0 Å². The number of rotatable bonds is 8. The SMILES string of the molecule is COc1cc(C(=O)Nc2cccc(C(=O)NC3CC3)c2)ccc1OCc1c(C)noc1C. The third-order valence-corrected chi connectivity index (χ3v) is 5.27. The van der Waals surface area contributed by atoms with E-state index in [4.69, 9.17) is 14.0 Å². The van der Waals surface area contributed by atoms with Crippen molar-refractivity contribution < 1.29 is 23.6 Å². The Hall–Kier alpha value is -3.81. The normalized spacial score (nSPS) is 12.8. The van der Waals surface area contributed by atoms with E-state index >= 15 is 0 Å². The minimum atomic E-state index is -0.319. The van der Waals surface area contributed by atoms with Crippen LogP contribution in [0.5, 0.6) is 11.5 Å². The molecule has 0 saturated heterocycles. The summed E-state index contributed by atoms with van der Waals surface area (Å²) in [4.78, 5) is 25.0. The molecule has 1 heterocycles. The standard InChI is InChI=1S/C24H25N3O5/c1-14-20(15(2)32-27-14)13-31-21-10-7-17(12-22(21)30-3)24(29)26-19-6-4-5-16(11-19)23(28)25-18-8-9-18/h4-7,10-12,18H,8-9,13H2,1-3H3,(H,25,28)(H,26,29). The average Bonchev–Trinajstić information content (AvgIpc) is 3.55. The number of hydrogen-bond donors (Lipinski definition) is 2. The van der Waals surface area contributed by atoms with Gasteiger partial charge in [-0.25, -0.2) is 0 Å². The number of aromatic nitrogens is 1. The number of benzene rings is 2. The van der Waals surface area contributed by atoms with E-state index in [9.17, 15) is 9.59 Å². The van der Waals surface area contributed by atoms with Gasteiger partial charge in [0.2, 0.25) is 0 Å². The number of carbonyl (C=O) groups excluding carboxylic acids is 2. The zero-order valence-corrected chi connectivity index (χ0v) is 18.2. The molecule has 0 spiro atoms. The molecular formula is C24H25N3O5. The van der Waals surface area contributed by atoms with Gasteiger partial charge in [-0.2, -0.15) is 0 Å². The van der Waals surface area contributed by atoms with E-state index in [1.807, 2.05) is 13.8 Å². The molecule has 1 fully saturated rings. The second-order valence-electron chi connectivity index (χ2n) is 7.74. The summed E-state index contributed by atoms with van der Waals surface area (Å²) < 4.78 is 16.4. The maximum atomic E-state index is 12.8. The molecule has 8 nitrogen and oxygen atoms in total. The summed E-state index contributed by atoms with van der Waals surface area (Å²) in [5, 5.41) is 9.69. The van der Waals surface area contributed by atoms with Gasteiger partial charge in [0.15, 0.2) is 11.5 Å². The summed E-state index contributed by atoms with van der Waals surface area (Å²) >= 11 is 0. The highest BCUT2D eigenvalue weighted by Gasteiger charge is 2.24. The minimum Gasteiger partial charge on any atom is -0.493 e. The predicted octanol–water partition coefficient (Wildman–Crippen LogP) is 4.02. The second-order valence-corrected chi connectivity index (χ2v) is 7.74. The summed E-state index contributed by atoms with van der Waals surface area (Å²) in [5.41, 5.74) is 3.09. The van der Waals surface area contributed by atoms with Gasteiger partial charge in [-0.1, -0.05) is 11.2 Å². The summed E-state index contributed by atoms with van der Waals surface area (Å²) in [7, 11) is 1.52. The molecule has 4 rings (SSSR count). The van der Waals surface area contributed by atoms with Crippen LogP contribution in [0, 0.1) is 13.8 Å². The highest BCUT2D eigenvalue weighted by Crippen LogP contribution is 2.30. The minimum absolute atomic E-state index is 0.134. The molecule has 2 N–H and O–H groups in total. The lowest BCUT2D eigenvalue weighted by Gasteiger charge is -2.13. The number of aryl methyl sites for hydroxylation is 2. The first-order valence-electron chi connectivity index (χ1n) is 10.4. The monoisotopic (exact) mass is 435 g/mol. The maximum absolute atomic E-state index is 12.8. The van der Waals surface area contributed by atoms with Gasteiger partial charge < -0.3 is 24.6 Å². The summed E-state index contributed by atoms with van der Waals surface area (Å²) in [5.74, 6) is 1.18. The van der Waals surface area contributed by atoms with Crippen molar-refractivity contribution in [3.05, 3.63) is 70.6 Å². The first-order valence-corrected chi connectivity index (χ1v) is 10.4. The van der Waals surface area contributed by atoms with Crippen molar-refractivity contribution >= 4 is 17.5 Å². The van der Waals surface area contributed by atoms with Crippen molar-refractivity contribution in [2.24, 2.45) is 0 Å².